The van der Waals surface area contributed by atoms with Crippen molar-refractivity contribution in [3.05, 3.63) is 12.2 Å². The van der Waals surface area contributed by atoms with Crippen molar-refractivity contribution in [3.8, 4) is 0 Å². The van der Waals surface area contributed by atoms with E-state index < -0.39 is 0 Å². The van der Waals surface area contributed by atoms with E-state index in [2.05, 4.69) is 12.2 Å². The summed E-state index contributed by atoms with van der Waals surface area (Å²) < 4.78 is 10.1. The van der Waals surface area contributed by atoms with Crippen molar-refractivity contribution in [3.63, 3.8) is 0 Å². The lowest BCUT2D eigenvalue weighted by atomic mass is 9.85. The van der Waals surface area contributed by atoms with E-state index in [0.29, 0.717) is 26.2 Å². The van der Waals surface area contributed by atoms with Crippen molar-refractivity contribution in [2.24, 2.45) is 23.7 Å². The lowest BCUT2D eigenvalue weighted by molar-refractivity contribution is -0.144. The zero-order valence-corrected chi connectivity index (χ0v) is 13.7. The molecule has 0 aromatic heterocycles. The van der Waals surface area contributed by atoms with Gasteiger partial charge in [-0.2, -0.15) is 0 Å². The van der Waals surface area contributed by atoms with Crippen molar-refractivity contribution in [2.75, 3.05) is 19.8 Å². The van der Waals surface area contributed by atoms with Gasteiger partial charge < -0.3 is 9.47 Å². The molecule has 1 saturated carbocycles. The first-order chi connectivity index (χ1) is 11.6. The fourth-order valence-electron chi connectivity index (χ4n) is 4.32. The van der Waals surface area contributed by atoms with Crippen molar-refractivity contribution < 1.29 is 23.9 Å². The molecule has 0 spiro atoms. The second kappa shape index (κ2) is 6.31. The molecule has 4 aliphatic rings. The van der Waals surface area contributed by atoms with Gasteiger partial charge in [-0.05, 0) is 31.1 Å². The Morgan fingerprint density at radius 1 is 1.12 bits per heavy atom. The first-order valence-corrected chi connectivity index (χ1v) is 8.96. The molecule has 0 N–H and O–H groups in total. The minimum atomic E-state index is -0.198. The molecule has 6 heteroatoms. The number of carbonyl (C=O) groups is 3. The molecule has 0 aromatic carbocycles. The normalized spacial score (nSPS) is 35.7. The lowest BCUT2D eigenvalue weighted by Crippen LogP contribution is -2.33. The summed E-state index contributed by atoms with van der Waals surface area (Å²) in [6.07, 6.45) is 7.96. The number of amides is 2. The number of unbranched alkanes of at least 4 members (excludes halogenated alkanes) is 2. The van der Waals surface area contributed by atoms with Crippen LogP contribution in [0.3, 0.4) is 0 Å². The van der Waals surface area contributed by atoms with Gasteiger partial charge in [0, 0.05) is 13.0 Å². The van der Waals surface area contributed by atoms with E-state index in [4.69, 9.17) is 9.47 Å². The van der Waals surface area contributed by atoms with Crippen LogP contribution in [0.15, 0.2) is 12.2 Å². The first-order valence-electron chi connectivity index (χ1n) is 8.96. The van der Waals surface area contributed by atoms with E-state index in [1.807, 2.05) is 0 Å². The zero-order chi connectivity index (χ0) is 16.7. The number of imide groups is 1. The van der Waals surface area contributed by atoms with Crippen LogP contribution < -0.4 is 0 Å². The standard InChI is InChI=1S/C18H23NO5/c20-14(24-10-13-9-23-13)4-2-1-3-7-19-17(21)15-11-5-6-12(8-11)16(15)18(19)22/h5-6,11-13,15-16H,1-4,7-10H2. The largest absolute Gasteiger partial charge is 0.463 e. The molecule has 2 heterocycles. The van der Waals surface area contributed by atoms with Gasteiger partial charge >= 0.3 is 5.97 Å². The number of esters is 1. The van der Waals surface area contributed by atoms with Gasteiger partial charge in [0.15, 0.2) is 0 Å². The second-order valence-electron chi connectivity index (χ2n) is 7.28. The van der Waals surface area contributed by atoms with Crippen molar-refractivity contribution in [1.82, 2.24) is 4.90 Å². The van der Waals surface area contributed by atoms with Gasteiger partial charge in [0.1, 0.15) is 12.7 Å². The summed E-state index contributed by atoms with van der Waals surface area (Å²) in [6, 6.07) is 0. The molecule has 0 radical (unpaired) electrons. The SMILES string of the molecule is O=C(CCCCCN1C(=O)C2C3C=CC(C3)C2C1=O)OCC1CO1. The Morgan fingerprint density at radius 3 is 2.42 bits per heavy atom. The number of likely N-dealkylation sites (tertiary alicyclic amines) is 1. The molecule has 2 saturated heterocycles. The van der Waals surface area contributed by atoms with Crippen LogP contribution in [0.1, 0.15) is 32.1 Å². The average molecular weight is 333 g/mol. The molecule has 6 nitrogen and oxygen atoms in total. The summed E-state index contributed by atoms with van der Waals surface area (Å²) >= 11 is 0. The highest BCUT2D eigenvalue weighted by Crippen LogP contribution is 2.52. The van der Waals surface area contributed by atoms with Gasteiger partial charge in [0.25, 0.3) is 0 Å². The first kappa shape index (κ1) is 15.8. The number of allylic oxidation sites excluding steroid dienone is 2. The van der Waals surface area contributed by atoms with Crippen molar-refractivity contribution >= 4 is 17.8 Å². The van der Waals surface area contributed by atoms with E-state index in [1.165, 1.54) is 4.90 Å². The highest BCUT2D eigenvalue weighted by Gasteiger charge is 2.58. The maximum atomic E-state index is 12.5. The minimum absolute atomic E-state index is 0.0192. The molecule has 5 unspecified atom stereocenters. The van der Waals surface area contributed by atoms with Crippen LogP contribution in [0.2, 0.25) is 0 Å². The summed E-state index contributed by atoms with van der Waals surface area (Å²) in [4.78, 5) is 38.0. The highest BCUT2D eigenvalue weighted by molar-refractivity contribution is 6.06. The Balaban J connectivity index is 1.16. The zero-order valence-electron chi connectivity index (χ0n) is 13.7. The molecule has 0 aromatic rings. The fourth-order valence-corrected chi connectivity index (χ4v) is 4.32. The van der Waals surface area contributed by atoms with Gasteiger partial charge in [-0.15, -0.1) is 0 Å². The Hall–Kier alpha value is -1.69. The Kier molecular flexibility index (Phi) is 4.16. The maximum Gasteiger partial charge on any atom is 0.305 e. The van der Waals surface area contributed by atoms with Crippen LogP contribution in [0, 0.1) is 23.7 Å². The fraction of sp³-hybridized carbons (Fsp3) is 0.722. The van der Waals surface area contributed by atoms with Gasteiger partial charge in [0.05, 0.1) is 18.4 Å². The minimum Gasteiger partial charge on any atom is -0.463 e. The Labute approximate surface area is 141 Å². The smallest absolute Gasteiger partial charge is 0.305 e. The third-order valence-corrected chi connectivity index (χ3v) is 5.66. The highest BCUT2D eigenvalue weighted by atomic mass is 16.6. The number of hydrogen-bond acceptors (Lipinski definition) is 5. The predicted octanol–water partition coefficient (Wildman–Crippen LogP) is 1.30. The molecular weight excluding hydrogens is 310 g/mol. The molecule has 24 heavy (non-hydrogen) atoms. The number of epoxide rings is 1. The topological polar surface area (TPSA) is 76.2 Å². The van der Waals surface area contributed by atoms with Crippen molar-refractivity contribution in [2.45, 2.75) is 38.2 Å². The van der Waals surface area contributed by atoms with Crippen LogP contribution >= 0.6 is 0 Å². The van der Waals surface area contributed by atoms with E-state index in [-0.39, 0.29) is 47.6 Å². The van der Waals surface area contributed by atoms with E-state index >= 15 is 0 Å². The molecule has 130 valence electrons. The number of rotatable bonds is 8. The lowest BCUT2D eigenvalue weighted by Gasteiger charge is -2.16. The average Bonchev–Trinajstić information content (AvgIpc) is 3.09. The Bertz CT molecular complexity index is 552. The summed E-state index contributed by atoms with van der Waals surface area (Å²) in [6.45, 7) is 1.52. The number of hydrogen-bond donors (Lipinski definition) is 0. The molecule has 3 fully saturated rings. The number of ether oxygens (including phenoxy) is 2. The maximum absolute atomic E-state index is 12.5. The van der Waals surface area contributed by atoms with Gasteiger partial charge in [-0.3, -0.25) is 19.3 Å². The van der Waals surface area contributed by atoms with E-state index in [0.717, 1.165) is 25.7 Å². The summed E-state index contributed by atoms with van der Waals surface area (Å²) in [7, 11) is 0. The van der Waals surface area contributed by atoms with Crippen LogP contribution in [0.25, 0.3) is 0 Å². The molecule has 2 bridgehead atoms. The van der Waals surface area contributed by atoms with Crippen LogP contribution in [0.5, 0.6) is 0 Å². The molecular formula is C18H23NO5. The van der Waals surface area contributed by atoms with E-state index in [9.17, 15) is 14.4 Å². The Morgan fingerprint density at radius 2 is 1.79 bits per heavy atom. The quantitative estimate of drug-likeness (QED) is 0.220. The summed E-state index contributed by atoms with van der Waals surface area (Å²) in [5.41, 5.74) is 0. The molecule has 5 atom stereocenters. The summed E-state index contributed by atoms with van der Waals surface area (Å²) in [5.74, 6) is 0.171. The summed E-state index contributed by atoms with van der Waals surface area (Å²) in [5, 5.41) is 0. The number of carbonyl (C=O) groups excluding carboxylic acids is 3. The van der Waals surface area contributed by atoms with Gasteiger partial charge in [0.2, 0.25) is 11.8 Å². The van der Waals surface area contributed by atoms with E-state index in [1.54, 1.807) is 0 Å². The molecule has 2 aliphatic carbocycles. The van der Waals surface area contributed by atoms with Crippen LogP contribution in [0.4, 0.5) is 0 Å². The van der Waals surface area contributed by atoms with Gasteiger partial charge in [-0.1, -0.05) is 18.6 Å². The number of nitrogens with zero attached hydrogens (tertiary/aromatic N) is 1. The second-order valence-corrected chi connectivity index (χ2v) is 7.28. The molecule has 2 aliphatic heterocycles. The van der Waals surface area contributed by atoms with Crippen LogP contribution in [-0.2, 0) is 23.9 Å². The predicted molar refractivity (Wildman–Crippen MR) is 83.6 cm³/mol. The monoisotopic (exact) mass is 333 g/mol. The third kappa shape index (κ3) is 2.88. The molecule has 2 amide bonds. The van der Waals surface area contributed by atoms with Crippen molar-refractivity contribution in [1.29, 1.82) is 0 Å². The third-order valence-electron chi connectivity index (χ3n) is 5.66. The van der Waals surface area contributed by atoms with Crippen LogP contribution in [-0.4, -0.2) is 48.5 Å². The molecule has 4 rings (SSSR count). The number of fused-ring (bicyclic) bond motifs is 5. The van der Waals surface area contributed by atoms with Gasteiger partial charge in [-0.25, -0.2) is 0 Å².